The van der Waals surface area contributed by atoms with Crippen molar-refractivity contribution in [3.05, 3.63) is 94.3 Å². The molecule has 29 heavy (non-hydrogen) atoms. The Balaban J connectivity index is 1.81. The summed E-state index contributed by atoms with van der Waals surface area (Å²) in [6.07, 6.45) is 0. The quantitative estimate of drug-likeness (QED) is 0.764. The van der Waals surface area contributed by atoms with Crippen LogP contribution in [0.5, 0.6) is 0 Å². The van der Waals surface area contributed by atoms with E-state index in [2.05, 4.69) is 29.2 Å². The Morgan fingerprint density at radius 1 is 0.931 bits per heavy atom. The summed E-state index contributed by atoms with van der Waals surface area (Å²) in [4.78, 5) is 15.4. The van der Waals surface area contributed by atoms with Crippen LogP contribution in [0.3, 0.4) is 0 Å². The van der Waals surface area contributed by atoms with Crippen LogP contribution in [-0.2, 0) is 14.3 Å². The summed E-state index contributed by atoms with van der Waals surface area (Å²) >= 11 is 0. The third-order valence-electron chi connectivity index (χ3n) is 5.67. The van der Waals surface area contributed by atoms with Gasteiger partial charge in [-0.25, -0.2) is 0 Å². The van der Waals surface area contributed by atoms with Gasteiger partial charge < -0.3 is 9.47 Å². The lowest BCUT2D eigenvalue weighted by molar-refractivity contribution is -0.117. The van der Waals surface area contributed by atoms with E-state index in [1.807, 2.05) is 50.2 Å². The lowest BCUT2D eigenvalue weighted by Crippen LogP contribution is -2.38. The average molecular weight is 389 g/mol. The molecule has 0 aliphatic carbocycles. The molecule has 0 bridgehead atoms. The van der Waals surface area contributed by atoms with Crippen LogP contribution >= 0.6 is 0 Å². The van der Waals surface area contributed by atoms with Crippen molar-refractivity contribution in [3.8, 4) is 0 Å². The summed E-state index contributed by atoms with van der Waals surface area (Å²) < 4.78 is 11.8. The largest absolute Gasteiger partial charge is 0.496 e. The molecular weight excluding hydrogens is 362 g/mol. The summed E-state index contributed by atoms with van der Waals surface area (Å²) in [5.41, 5.74) is 5.17. The number of carbonyl (C=O) groups excluding carboxylic acids is 1. The number of fused-ring (bicyclic) bond motifs is 1. The van der Waals surface area contributed by atoms with Gasteiger partial charge in [0.05, 0.1) is 39.0 Å². The van der Waals surface area contributed by atoms with Gasteiger partial charge in [0.2, 0.25) is 0 Å². The fraction of sp³-hybridized carbons (Fsp3) is 0.320. The molecule has 0 amide bonds. The summed E-state index contributed by atoms with van der Waals surface area (Å²) in [7, 11) is 0. The van der Waals surface area contributed by atoms with Crippen molar-refractivity contribution >= 4 is 5.78 Å². The maximum atomic E-state index is 13.1. The second kappa shape index (κ2) is 8.76. The SMILES string of the molecule is CCOC1=C2COCC2=C(C)C(=O)CN(C(c2ccccc2)c2ccccc2)C1. The fourth-order valence-corrected chi connectivity index (χ4v) is 4.19. The number of benzene rings is 2. The number of ketones is 1. The van der Waals surface area contributed by atoms with Crippen LogP contribution in [0.25, 0.3) is 0 Å². The Morgan fingerprint density at radius 3 is 2.10 bits per heavy atom. The van der Waals surface area contributed by atoms with Crippen LogP contribution in [0.4, 0.5) is 0 Å². The van der Waals surface area contributed by atoms with E-state index in [0.29, 0.717) is 32.9 Å². The number of carbonyl (C=O) groups is 1. The molecule has 4 rings (SSSR count). The third kappa shape index (κ3) is 4.04. The maximum absolute atomic E-state index is 13.1. The Hall–Kier alpha value is -2.69. The first-order valence-corrected chi connectivity index (χ1v) is 10.2. The minimum Gasteiger partial charge on any atom is -0.496 e. The molecule has 0 atom stereocenters. The van der Waals surface area contributed by atoms with Crippen LogP contribution in [0, 0.1) is 0 Å². The first kappa shape index (κ1) is 19.6. The Labute approximate surface area is 172 Å². The Bertz CT molecular complexity index is 892. The monoisotopic (exact) mass is 389 g/mol. The maximum Gasteiger partial charge on any atom is 0.172 e. The molecule has 0 spiro atoms. The van der Waals surface area contributed by atoms with Gasteiger partial charge in [-0.15, -0.1) is 0 Å². The topological polar surface area (TPSA) is 38.8 Å². The normalized spacial score (nSPS) is 18.1. The molecule has 1 fully saturated rings. The van der Waals surface area contributed by atoms with Gasteiger partial charge in [-0.3, -0.25) is 9.69 Å². The Morgan fingerprint density at radius 2 is 1.52 bits per heavy atom. The molecule has 0 saturated carbocycles. The predicted molar refractivity (Wildman–Crippen MR) is 113 cm³/mol. The molecule has 2 aliphatic rings. The van der Waals surface area contributed by atoms with Gasteiger partial charge in [0.1, 0.15) is 5.76 Å². The number of rotatable bonds is 5. The van der Waals surface area contributed by atoms with Gasteiger partial charge in [-0.05, 0) is 36.1 Å². The van der Waals surface area contributed by atoms with Gasteiger partial charge >= 0.3 is 0 Å². The van der Waals surface area contributed by atoms with E-state index in [9.17, 15) is 4.79 Å². The fourth-order valence-electron chi connectivity index (χ4n) is 4.19. The van der Waals surface area contributed by atoms with Crippen molar-refractivity contribution in [2.45, 2.75) is 19.9 Å². The van der Waals surface area contributed by atoms with E-state index in [-0.39, 0.29) is 11.8 Å². The summed E-state index contributed by atoms with van der Waals surface area (Å²) in [5, 5.41) is 0. The molecular formula is C25H27NO3. The van der Waals surface area contributed by atoms with Crippen molar-refractivity contribution in [1.29, 1.82) is 0 Å². The van der Waals surface area contributed by atoms with E-state index in [1.165, 1.54) is 0 Å². The van der Waals surface area contributed by atoms with Gasteiger partial charge in [-0.1, -0.05) is 60.7 Å². The van der Waals surface area contributed by atoms with Crippen LogP contribution in [-0.4, -0.2) is 43.6 Å². The molecule has 4 nitrogen and oxygen atoms in total. The van der Waals surface area contributed by atoms with Gasteiger partial charge in [0, 0.05) is 5.57 Å². The van der Waals surface area contributed by atoms with Crippen LogP contribution in [0.2, 0.25) is 0 Å². The number of nitrogens with zero attached hydrogens (tertiary/aromatic N) is 1. The van der Waals surface area contributed by atoms with Crippen LogP contribution in [0.1, 0.15) is 31.0 Å². The van der Waals surface area contributed by atoms with Crippen molar-refractivity contribution in [2.75, 3.05) is 32.9 Å². The molecule has 0 radical (unpaired) electrons. The molecule has 2 aromatic rings. The highest BCUT2D eigenvalue weighted by atomic mass is 16.5. The predicted octanol–water partition coefficient (Wildman–Crippen LogP) is 4.30. The van der Waals surface area contributed by atoms with Gasteiger partial charge in [0.25, 0.3) is 0 Å². The lowest BCUT2D eigenvalue weighted by Gasteiger charge is -2.34. The second-order valence-electron chi connectivity index (χ2n) is 7.48. The van der Waals surface area contributed by atoms with E-state index >= 15 is 0 Å². The molecule has 2 aliphatic heterocycles. The summed E-state index contributed by atoms with van der Waals surface area (Å²) in [5.74, 6) is 1.07. The van der Waals surface area contributed by atoms with Gasteiger partial charge in [-0.2, -0.15) is 0 Å². The van der Waals surface area contributed by atoms with Gasteiger partial charge in [0.15, 0.2) is 5.78 Å². The zero-order chi connectivity index (χ0) is 20.2. The zero-order valence-corrected chi connectivity index (χ0v) is 17.1. The standard InChI is InChI=1S/C25H27NO3/c1-3-29-24-15-26(14-23(27)18(2)21-16-28-17-22(21)24)25(19-10-6-4-7-11-19)20-12-8-5-9-13-20/h4-13,25H,3,14-17H2,1-2H3. The summed E-state index contributed by atoms with van der Waals surface area (Å²) in [6, 6.07) is 20.7. The highest BCUT2D eigenvalue weighted by Gasteiger charge is 2.32. The number of ether oxygens (including phenoxy) is 2. The number of Topliss-reactive ketones (excluding diaryl/α,β-unsaturated/α-hetero) is 1. The molecule has 0 unspecified atom stereocenters. The molecule has 4 heteroatoms. The second-order valence-corrected chi connectivity index (χ2v) is 7.48. The minimum atomic E-state index is -0.0333. The number of hydrogen-bond acceptors (Lipinski definition) is 4. The summed E-state index contributed by atoms with van der Waals surface area (Å²) in [6.45, 7) is 6.42. The van der Waals surface area contributed by atoms with E-state index in [0.717, 1.165) is 33.6 Å². The van der Waals surface area contributed by atoms with Crippen LogP contribution < -0.4 is 0 Å². The molecule has 150 valence electrons. The third-order valence-corrected chi connectivity index (χ3v) is 5.67. The first-order chi connectivity index (χ1) is 14.2. The first-order valence-electron chi connectivity index (χ1n) is 10.2. The van der Waals surface area contributed by atoms with E-state index in [1.54, 1.807) is 0 Å². The molecule has 0 N–H and O–H groups in total. The number of hydrogen-bond donors (Lipinski definition) is 0. The van der Waals surface area contributed by atoms with Crippen molar-refractivity contribution < 1.29 is 14.3 Å². The highest BCUT2D eigenvalue weighted by Crippen LogP contribution is 2.34. The zero-order valence-electron chi connectivity index (χ0n) is 17.1. The molecule has 0 aromatic heterocycles. The Kier molecular flexibility index (Phi) is 5.93. The highest BCUT2D eigenvalue weighted by molar-refractivity contribution is 5.98. The van der Waals surface area contributed by atoms with Crippen molar-refractivity contribution in [1.82, 2.24) is 4.90 Å². The van der Waals surface area contributed by atoms with E-state index < -0.39 is 0 Å². The average Bonchev–Trinajstić information content (AvgIpc) is 3.23. The van der Waals surface area contributed by atoms with E-state index in [4.69, 9.17) is 9.47 Å². The lowest BCUT2D eigenvalue weighted by atomic mass is 9.93. The minimum absolute atomic E-state index is 0.0333. The molecule has 2 aromatic carbocycles. The van der Waals surface area contributed by atoms with Crippen LogP contribution in [0.15, 0.2) is 83.1 Å². The molecule has 2 heterocycles. The smallest absolute Gasteiger partial charge is 0.172 e. The van der Waals surface area contributed by atoms with Crippen molar-refractivity contribution in [2.24, 2.45) is 0 Å². The van der Waals surface area contributed by atoms with Crippen molar-refractivity contribution in [3.63, 3.8) is 0 Å². The molecule has 1 saturated heterocycles.